The lowest BCUT2D eigenvalue weighted by Gasteiger charge is -2.34. The van der Waals surface area contributed by atoms with E-state index in [9.17, 15) is 13.9 Å². The lowest BCUT2D eigenvalue weighted by atomic mass is 9.77. The third-order valence-electron chi connectivity index (χ3n) is 4.67. The summed E-state index contributed by atoms with van der Waals surface area (Å²) in [4.78, 5) is 8.25. The average molecular weight is 389 g/mol. The van der Waals surface area contributed by atoms with E-state index in [0.717, 1.165) is 5.56 Å². The van der Waals surface area contributed by atoms with Crippen molar-refractivity contribution in [2.24, 2.45) is 0 Å². The molecule has 1 fully saturated rings. The van der Waals surface area contributed by atoms with Crippen LogP contribution in [0.25, 0.3) is 11.3 Å². The summed E-state index contributed by atoms with van der Waals surface area (Å²) in [6, 6.07) is 6.40. The van der Waals surface area contributed by atoms with Gasteiger partial charge in [-0.05, 0) is 41.6 Å². The Bertz CT molecular complexity index is 1020. The van der Waals surface area contributed by atoms with E-state index in [-0.39, 0.29) is 35.4 Å². The van der Waals surface area contributed by atoms with Crippen LogP contribution in [0, 0.1) is 0 Å². The van der Waals surface area contributed by atoms with Crippen LogP contribution in [0.2, 0.25) is 0 Å². The summed E-state index contributed by atoms with van der Waals surface area (Å²) in [5, 5.41) is 12.6. The maximum absolute atomic E-state index is 13.1. The number of alkyl halides is 2. The van der Waals surface area contributed by atoms with E-state index >= 15 is 0 Å². The van der Waals surface area contributed by atoms with Crippen molar-refractivity contribution in [2.45, 2.75) is 31.2 Å². The van der Waals surface area contributed by atoms with Gasteiger partial charge in [0.2, 0.25) is 0 Å². The van der Waals surface area contributed by atoms with Crippen LogP contribution in [-0.2, 0) is 0 Å². The highest BCUT2D eigenvalue weighted by Gasteiger charge is 2.44. The van der Waals surface area contributed by atoms with Crippen molar-refractivity contribution in [2.75, 3.05) is 0 Å². The molecule has 3 heterocycles. The summed E-state index contributed by atoms with van der Waals surface area (Å²) in [6.45, 7) is 0. The molecule has 0 spiro atoms. The molecule has 28 heavy (non-hydrogen) atoms. The minimum absolute atomic E-state index is 0.0365. The summed E-state index contributed by atoms with van der Waals surface area (Å²) in [5.41, 5.74) is 1.45. The molecule has 1 aliphatic heterocycles. The Labute approximate surface area is 156 Å². The number of halogens is 2. The first-order chi connectivity index (χ1) is 13.4. The lowest BCUT2D eigenvalue weighted by molar-refractivity contribution is -0.286. The van der Waals surface area contributed by atoms with Crippen molar-refractivity contribution in [3.05, 3.63) is 42.2 Å². The van der Waals surface area contributed by atoms with Gasteiger partial charge in [-0.1, -0.05) is 6.07 Å². The summed E-state index contributed by atoms with van der Waals surface area (Å²) in [7, 11) is 0. The zero-order valence-corrected chi connectivity index (χ0v) is 14.2. The normalized spacial score (nSPS) is 21.9. The molecule has 5 rings (SSSR count). The van der Waals surface area contributed by atoms with Crippen LogP contribution < -0.4 is 14.2 Å². The molecule has 0 atom stereocenters. The highest BCUT2D eigenvalue weighted by atomic mass is 19.3. The van der Waals surface area contributed by atoms with Gasteiger partial charge in [0, 0.05) is 18.5 Å². The van der Waals surface area contributed by atoms with Crippen LogP contribution >= 0.6 is 0 Å². The number of rotatable bonds is 4. The number of fused-ring (bicyclic) bond motifs is 1. The van der Waals surface area contributed by atoms with Gasteiger partial charge in [0.15, 0.2) is 17.3 Å². The molecule has 0 unspecified atom stereocenters. The smallest absolute Gasteiger partial charge is 0.491 e. The van der Waals surface area contributed by atoms with Crippen LogP contribution in [0.4, 0.5) is 8.78 Å². The molecule has 0 radical (unpaired) electrons. The molecule has 1 aromatic carbocycles. The van der Waals surface area contributed by atoms with Crippen LogP contribution in [0.5, 0.6) is 23.4 Å². The molecule has 10 heteroatoms. The predicted octanol–water partition coefficient (Wildman–Crippen LogP) is 3.48. The van der Waals surface area contributed by atoms with Crippen LogP contribution in [0.3, 0.4) is 0 Å². The Balaban J connectivity index is 1.19. The number of ether oxygens (including phenoxy) is 3. The number of aromatic hydroxyl groups is 1. The molecule has 2 aliphatic rings. The fourth-order valence-corrected chi connectivity index (χ4v) is 3.21. The van der Waals surface area contributed by atoms with Crippen molar-refractivity contribution in [3.8, 4) is 34.7 Å². The minimum atomic E-state index is -3.61. The molecule has 1 N–H and O–H groups in total. The van der Waals surface area contributed by atoms with E-state index in [4.69, 9.17) is 9.26 Å². The summed E-state index contributed by atoms with van der Waals surface area (Å²) in [6.07, 6.45) is 0.749. The minimum Gasteiger partial charge on any atom is -0.491 e. The summed E-state index contributed by atoms with van der Waals surface area (Å²) < 4.78 is 45.8. The molecule has 0 bridgehead atoms. The number of hydrogen-bond acceptors (Lipinski definition) is 8. The Hall–Kier alpha value is -3.43. The standard InChI is InChI=1S/C18H13F2N3O5/c19-18(20)26-13-2-1-9(5-15(13)27-18)10-3-12(4-10)25-17-21-7-11(8-22-17)14-6-16(24)23-28-14/h1-2,5-8,10,12H,3-4H2,(H,23,24). The molecular formula is C18H13F2N3O5. The topological polar surface area (TPSA) is 99.7 Å². The average Bonchev–Trinajstić information content (AvgIpc) is 3.19. The lowest BCUT2D eigenvalue weighted by Crippen LogP contribution is -2.32. The number of benzene rings is 1. The maximum Gasteiger partial charge on any atom is 0.586 e. The molecule has 0 amide bonds. The molecule has 3 aromatic rings. The van der Waals surface area contributed by atoms with Gasteiger partial charge in [-0.3, -0.25) is 0 Å². The van der Waals surface area contributed by atoms with Gasteiger partial charge in [-0.15, -0.1) is 8.78 Å². The van der Waals surface area contributed by atoms with E-state index in [2.05, 4.69) is 24.6 Å². The zero-order valence-electron chi connectivity index (χ0n) is 14.2. The quantitative estimate of drug-likeness (QED) is 0.724. The van der Waals surface area contributed by atoms with E-state index in [1.807, 2.05) is 0 Å². The Kier molecular flexibility index (Phi) is 3.61. The molecule has 144 valence electrons. The fourth-order valence-electron chi connectivity index (χ4n) is 3.21. The van der Waals surface area contributed by atoms with Crippen molar-refractivity contribution < 1.29 is 32.6 Å². The SMILES string of the molecule is Oc1cc(-c2cnc(OC3CC(c4ccc5c(c4)OC(F)(F)O5)C3)nc2)on1. The second-order valence-electron chi connectivity index (χ2n) is 6.59. The molecule has 1 saturated carbocycles. The molecule has 1 aliphatic carbocycles. The first-order valence-electron chi connectivity index (χ1n) is 8.50. The van der Waals surface area contributed by atoms with Gasteiger partial charge in [-0.25, -0.2) is 9.97 Å². The highest BCUT2D eigenvalue weighted by Crippen LogP contribution is 2.45. The van der Waals surface area contributed by atoms with Crippen LogP contribution in [-0.4, -0.2) is 32.6 Å². The van der Waals surface area contributed by atoms with Crippen molar-refractivity contribution in [1.82, 2.24) is 15.1 Å². The number of hydrogen-bond donors (Lipinski definition) is 1. The molecule has 0 saturated heterocycles. The predicted molar refractivity (Wildman–Crippen MR) is 88.2 cm³/mol. The van der Waals surface area contributed by atoms with Gasteiger partial charge in [0.25, 0.3) is 5.88 Å². The van der Waals surface area contributed by atoms with Crippen LogP contribution in [0.15, 0.2) is 41.2 Å². The largest absolute Gasteiger partial charge is 0.586 e. The first-order valence-corrected chi connectivity index (χ1v) is 8.50. The third-order valence-corrected chi connectivity index (χ3v) is 4.67. The second-order valence-corrected chi connectivity index (χ2v) is 6.59. The number of nitrogens with zero attached hydrogens (tertiary/aromatic N) is 3. The van der Waals surface area contributed by atoms with Gasteiger partial charge < -0.3 is 23.8 Å². The monoisotopic (exact) mass is 389 g/mol. The van der Waals surface area contributed by atoms with Gasteiger partial charge in [-0.2, -0.15) is 0 Å². The molecule has 2 aromatic heterocycles. The first kappa shape index (κ1) is 16.7. The summed E-state index contributed by atoms with van der Waals surface area (Å²) in [5.74, 6) is 0.382. The highest BCUT2D eigenvalue weighted by molar-refractivity contribution is 5.55. The molecular weight excluding hydrogens is 376 g/mol. The van der Waals surface area contributed by atoms with Crippen molar-refractivity contribution in [1.29, 1.82) is 0 Å². The van der Waals surface area contributed by atoms with E-state index in [1.54, 1.807) is 12.1 Å². The van der Waals surface area contributed by atoms with E-state index in [1.165, 1.54) is 24.5 Å². The fraction of sp³-hybridized carbons (Fsp3) is 0.278. The van der Waals surface area contributed by atoms with Crippen LogP contribution in [0.1, 0.15) is 24.3 Å². The van der Waals surface area contributed by atoms with Crippen molar-refractivity contribution in [3.63, 3.8) is 0 Å². The Morgan fingerprint density at radius 3 is 2.54 bits per heavy atom. The van der Waals surface area contributed by atoms with Gasteiger partial charge in [0.05, 0.1) is 5.56 Å². The summed E-state index contributed by atoms with van der Waals surface area (Å²) >= 11 is 0. The Morgan fingerprint density at radius 2 is 1.82 bits per heavy atom. The van der Waals surface area contributed by atoms with E-state index < -0.39 is 6.29 Å². The number of aromatic nitrogens is 3. The zero-order chi connectivity index (χ0) is 19.3. The third kappa shape index (κ3) is 3.06. The van der Waals surface area contributed by atoms with Crippen molar-refractivity contribution >= 4 is 0 Å². The molecule has 8 nitrogen and oxygen atoms in total. The maximum atomic E-state index is 13.1. The van der Waals surface area contributed by atoms with Gasteiger partial charge >= 0.3 is 12.3 Å². The van der Waals surface area contributed by atoms with E-state index in [0.29, 0.717) is 24.2 Å². The Morgan fingerprint density at radius 1 is 1.07 bits per heavy atom. The van der Waals surface area contributed by atoms with Gasteiger partial charge in [0.1, 0.15) is 6.10 Å². The second kappa shape index (κ2) is 6.04.